The van der Waals surface area contributed by atoms with E-state index in [4.69, 9.17) is 0 Å². The van der Waals surface area contributed by atoms with Crippen LogP contribution in [0.1, 0.15) is 18.5 Å². The Labute approximate surface area is 193 Å². The number of aliphatic carboxylic acids is 1. The molecule has 0 radical (unpaired) electrons. The summed E-state index contributed by atoms with van der Waals surface area (Å²) in [4.78, 5) is 53.0. The molecule has 1 aromatic carbocycles. The smallest absolute Gasteiger partial charge is 0.328 e. The fourth-order valence-electron chi connectivity index (χ4n) is 2.61. The molecule has 1 atom stereocenters. The van der Waals surface area contributed by atoms with E-state index in [1.54, 1.807) is 4.72 Å². The Hall–Kier alpha value is -4.01. The molecule has 0 aliphatic carbocycles. The summed E-state index contributed by atoms with van der Waals surface area (Å²) in [7, 11) is -4.20. The maximum Gasteiger partial charge on any atom is 0.328 e. The van der Waals surface area contributed by atoms with E-state index in [2.05, 4.69) is 25.9 Å². The lowest BCUT2D eigenvalue weighted by molar-refractivity contribution is -0.141. The minimum atomic E-state index is -4.20. The summed E-state index contributed by atoms with van der Waals surface area (Å²) in [5.41, 5.74) is 0.531. The number of hydrogen-bond donors (Lipinski definition) is 6. The third kappa shape index (κ3) is 8.85. The van der Waals surface area contributed by atoms with E-state index in [1.807, 2.05) is 0 Å². The highest BCUT2D eigenvalue weighted by Gasteiger charge is 2.21. The molecule has 0 spiro atoms. The van der Waals surface area contributed by atoms with Crippen molar-refractivity contribution in [1.29, 1.82) is 0 Å². The second-order valence-electron chi connectivity index (χ2n) is 6.90. The maximum atomic E-state index is 12.9. The van der Waals surface area contributed by atoms with Gasteiger partial charge in [0.25, 0.3) is 10.0 Å². The van der Waals surface area contributed by atoms with Crippen molar-refractivity contribution in [2.45, 2.75) is 30.2 Å². The number of aromatic amines is 1. The average molecular weight is 498 g/mol. The minimum absolute atomic E-state index is 0.0120. The normalized spacial score (nSPS) is 11.8. The molecule has 34 heavy (non-hydrogen) atoms. The largest absolute Gasteiger partial charge is 0.480 e. The Morgan fingerprint density at radius 1 is 1.03 bits per heavy atom. The number of carboxylic acid groups (broad SMARTS) is 1. The number of H-pyrrole nitrogens is 1. The van der Waals surface area contributed by atoms with E-state index in [9.17, 15) is 37.1 Å². The molecule has 0 saturated carbocycles. The predicted molar refractivity (Wildman–Crippen MR) is 114 cm³/mol. The number of sulfonamides is 1. The highest BCUT2D eigenvalue weighted by atomic mass is 32.2. The van der Waals surface area contributed by atoms with Crippen molar-refractivity contribution < 1.29 is 37.1 Å². The molecule has 6 N–H and O–H groups in total. The van der Waals surface area contributed by atoms with E-state index in [0.29, 0.717) is 5.69 Å². The van der Waals surface area contributed by atoms with Gasteiger partial charge in [-0.1, -0.05) is 0 Å². The van der Waals surface area contributed by atoms with Gasteiger partial charge in [0, 0.05) is 44.2 Å². The molecular formula is C19H23FN6O7S. The molecule has 2 aromatic rings. The summed E-state index contributed by atoms with van der Waals surface area (Å²) in [6, 6.07) is 1.59. The van der Waals surface area contributed by atoms with Gasteiger partial charge in [-0.2, -0.15) is 0 Å². The van der Waals surface area contributed by atoms with Crippen molar-refractivity contribution in [2.24, 2.45) is 0 Å². The number of imidazole rings is 1. The number of hydrogen-bond acceptors (Lipinski definition) is 7. The lowest BCUT2D eigenvalue weighted by atomic mass is 10.1. The maximum absolute atomic E-state index is 12.9. The van der Waals surface area contributed by atoms with Crippen molar-refractivity contribution in [3.8, 4) is 0 Å². The van der Waals surface area contributed by atoms with Crippen LogP contribution in [0.2, 0.25) is 0 Å². The molecule has 0 aliphatic rings. The number of nitrogens with one attached hydrogen (secondary N) is 5. The number of aromatic nitrogens is 2. The molecule has 1 heterocycles. The molecule has 1 aromatic heterocycles. The molecule has 0 saturated heterocycles. The Bertz CT molecular complexity index is 1110. The van der Waals surface area contributed by atoms with Crippen LogP contribution in [0.25, 0.3) is 0 Å². The minimum Gasteiger partial charge on any atom is -0.480 e. The van der Waals surface area contributed by atoms with Crippen LogP contribution in [0.5, 0.6) is 0 Å². The molecule has 15 heteroatoms. The number of nitrogens with zero attached hydrogens (tertiary/aromatic N) is 1. The van der Waals surface area contributed by atoms with E-state index in [1.165, 1.54) is 12.5 Å². The second-order valence-corrected chi connectivity index (χ2v) is 8.59. The van der Waals surface area contributed by atoms with E-state index < -0.39 is 45.7 Å². The van der Waals surface area contributed by atoms with Gasteiger partial charge < -0.3 is 26.0 Å². The molecule has 0 bridgehead atoms. The Morgan fingerprint density at radius 2 is 1.68 bits per heavy atom. The van der Waals surface area contributed by atoms with Gasteiger partial charge in [0.1, 0.15) is 11.9 Å². The van der Waals surface area contributed by atoms with E-state index in [0.717, 1.165) is 24.3 Å². The summed E-state index contributed by atoms with van der Waals surface area (Å²) < 4.78 is 38.6. The van der Waals surface area contributed by atoms with Crippen LogP contribution in [0.3, 0.4) is 0 Å². The summed E-state index contributed by atoms with van der Waals surface area (Å²) in [6.07, 6.45) is 2.45. The fraction of sp³-hybridized carbons (Fsp3) is 0.316. The zero-order valence-electron chi connectivity index (χ0n) is 17.7. The lowest BCUT2D eigenvalue weighted by Gasteiger charge is -2.14. The van der Waals surface area contributed by atoms with Gasteiger partial charge in [0.2, 0.25) is 11.8 Å². The van der Waals surface area contributed by atoms with Gasteiger partial charge in [-0.3, -0.25) is 9.59 Å². The highest BCUT2D eigenvalue weighted by molar-refractivity contribution is 7.90. The third-order valence-electron chi connectivity index (χ3n) is 4.28. The number of carbonyl (C=O) groups is 4. The van der Waals surface area contributed by atoms with E-state index >= 15 is 0 Å². The van der Waals surface area contributed by atoms with Crippen molar-refractivity contribution in [1.82, 2.24) is 30.6 Å². The number of amides is 4. The first-order chi connectivity index (χ1) is 16.1. The number of rotatable bonds is 12. The monoisotopic (exact) mass is 498 g/mol. The van der Waals surface area contributed by atoms with Gasteiger partial charge in [-0.15, -0.1) is 0 Å². The molecule has 0 fully saturated rings. The third-order valence-corrected chi connectivity index (χ3v) is 5.62. The first-order valence-electron chi connectivity index (χ1n) is 9.89. The number of urea groups is 1. The summed E-state index contributed by atoms with van der Waals surface area (Å²) >= 11 is 0. The predicted octanol–water partition coefficient (Wildman–Crippen LogP) is -0.755. The van der Waals surface area contributed by atoms with Crippen molar-refractivity contribution >= 4 is 33.8 Å². The van der Waals surface area contributed by atoms with Crippen LogP contribution >= 0.6 is 0 Å². The molecule has 2 rings (SSSR count). The molecule has 184 valence electrons. The SMILES string of the molecule is O=C(CCNC(=O)NS(=O)(=O)c1ccc(F)cc1)NCCC(=O)NC(Cc1cnc[nH]1)C(=O)O. The summed E-state index contributed by atoms with van der Waals surface area (Å²) in [5.74, 6) is -2.97. The number of benzene rings is 1. The molecular weight excluding hydrogens is 475 g/mol. The number of carbonyl (C=O) groups excluding carboxylic acids is 3. The molecule has 0 aliphatic heterocycles. The first kappa shape index (κ1) is 26.2. The van der Waals surface area contributed by atoms with Crippen molar-refractivity contribution in [3.05, 3.63) is 48.3 Å². The van der Waals surface area contributed by atoms with Crippen LogP contribution < -0.4 is 20.7 Å². The average Bonchev–Trinajstić information content (AvgIpc) is 3.26. The fourth-order valence-corrected chi connectivity index (χ4v) is 3.54. The summed E-state index contributed by atoms with van der Waals surface area (Å²) in [6.45, 7) is -0.278. The van der Waals surface area contributed by atoms with Crippen molar-refractivity contribution in [3.63, 3.8) is 0 Å². The van der Waals surface area contributed by atoms with Crippen LogP contribution in [-0.2, 0) is 30.8 Å². The second kappa shape index (κ2) is 12.3. The topological polar surface area (TPSA) is 199 Å². The van der Waals surface area contributed by atoms with Gasteiger partial charge >= 0.3 is 12.0 Å². The number of halogens is 1. The number of carboxylic acids is 1. The molecule has 1 unspecified atom stereocenters. The van der Waals surface area contributed by atoms with Crippen LogP contribution in [0.15, 0.2) is 41.7 Å². The lowest BCUT2D eigenvalue weighted by Crippen LogP contribution is -2.43. The quantitative estimate of drug-likeness (QED) is 0.219. The van der Waals surface area contributed by atoms with Crippen LogP contribution in [-0.4, -0.2) is 66.4 Å². The van der Waals surface area contributed by atoms with E-state index in [-0.39, 0.29) is 37.2 Å². The standard InChI is InChI=1S/C19H23FN6O7S/c20-12-1-3-14(4-2-12)34(32,33)26-19(31)23-8-5-16(27)22-7-6-17(28)25-15(18(29)30)9-13-10-21-11-24-13/h1-4,10-11,15H,5-9H2,(H,21,24)(H,22,27)(H,25,28)(H,29,30)(H2,23,26,31). The molecule has 13 nitrogen and oxygen atoms in total. The van der Waals surface area contributed by atoms with Gasteiger partial charge in [-0.05, 0) is 24.3 Å². The summed E-state index contributed by atoms with van der Waals surface area (Å²) in [5, 5.41) is 16.2. The first-order valence-corrected chi connectivity index (χ1v) is 11.4. The van der Waals surface area contributed by atoms with Crippen LogP contribution in [0.4, 0.5) is 9.18 Å². The zero-order chi connectivity index (χ0) is 25.1. The zero-order valence-corrected chi connectivity index (χ0v) is 18.5. The highest BCUT2D eigenvalue weighted by Crippen LogP contribution is 2.09. The van der Waals surface area contributed by atoms with Crippen LogP contribution in [0, 0.1) is 5.82 Å². The molecule has 4 amide bonds. The Morgan fingerprint density at radius 3 is 2.29 bits per heavy atom. The van der Waals surface area contributed by atoms with Gasteiger partial charge in [-0.25, -0.2) is 32.1 Å². The van der Waals surface area contributed by atoms with Crippen molar-refractivity contribution in [2.75, 3.05) is 13.1 Å². The Balaban J connectivity index is 1.65. The van der Waals surface area contributed by atoms with Gasteiger partial charge in [0.05, 0.1) is 11.2 Å². The van der Waals surface area contributed by atoms with Gasteiger partial charge in [0.15, 0.2) is 0 Å². The Kier molecular flexibility index (Phi) is 9.49.